The summed E-state index contributed by atoms with van der Waals surface area (Å²) >= 11 is 0. The van der Waals surface area contributed by atoms with E-state index in [4.69, 9.17) is 0 Å². The van der Waals surface area contributed by atoms with Crippen LogP contribution in [0.25, 0.3) is 0 Å². The average Bonchev–Trinajstić information content (AvgIpc) is 2.42. The van der Waals surface area contributed by atoms with Gasteiger partial charge in [0.2, 0.25) is 0 Å². The molecule has 1 heterocycles. The van der Waals surface area contributed by atoms with Crippen LogP contribution in [0, 0.1) is 17.5 Å². The van der Waals surface area contributed by atoms with Crippen molar-refractivity contribution in [3.63, 3.8) is 0 Å². The highest BCUT2D eigenvalue weighted by Crippen LogP contribution is 2.22. The maximum atomic E-state index is 13.8. The number of benzene rings is 1. The molecule has 1 atom stereocenters. The molecule has 2 rings (SSSR count). The Kier molecular flexibility index (Phi) is 4.96. The van der Waals surface area contributed by atoms with Crippen LogP contribution in [-0.2, 0) is 6.42 Å². The van der Waals surface area contributed by atoms with E-state index in [-0.39, 0.29) is 18.0 Å². The summed E-state index contributed by atoms with van der Waals surface area (Å²) in [5.41, 5.74) is 0.550. The highest BCUT2D eigenvalue weighted by Gasteiger charge is 2.19. The second-order valence-corrected chi connectivity index (χ2v) is 5.18. The molecule has 0 radical (unpaired) electrons. The van der Waals surface area contributed by atoms with Crippen molar-refractivity contribution in [2.45, 2.75) is 32.4 Å². The van der Waals surface area contributed by atoms with Crippen molar-refractivity contribution in [1.82, 2.24) is 10.3 Å². The number of halogens is 3. The molecule has 0 fully saturated rings. The summed E-state index contributed by atoms with van der Waals surface area (Å²) in [6.45, 7) is 3.85. The average molecular weight is 294 g/mol. The van der Waals surface area contributed by atoms with Gasteiger partial charge in [0.1, 0.15) is 17.5 Å². The summed E-state index contributed by atoms with van der Waals surface area (Å²) in [5, 5.41) is 3.20. The van der Waals surface area contributed by atoms with Gasteiger partial charge in [-0.05, 0) is 30.7 Å². The third-order valence-electron chi connectivity index (χ3n) is 3.11. The Morgan fingerprint density at radius 2 is 1.71 bits per heavy atom. The standard InChI is InChI=1S/C16H17F3N2/c1-10(2)21-16(15-7-6-11(17)9-20-15)8-12-13(18)4-3-5-14(12)19/h3-7,9-10,16,21H,8H2,1-2H3. The van der Waals surface area contributed by atoms with Gasteiger partial charge in [-0.3, -0.25) is 4.98 Å². The third kappa shape index (κ3) is 4.04. The van der Waals surface area contributed by atoms with Crippen LogP contribution in [0.4, 0.5) is 13.2 Å². The largest absolute Gasteiger partial charge is 0.306 e. The number of rotatable bonds is 5. The summed E-state index contributed by atoms with van der Waals surface area (Å²) in [6.07, 6.45) is 1.21. The van der Waals surface area contributed by atoms with E-state index < -0.39 is 23.5 Å². The molecule has 21 heavy (non-hydrogen) atoms. The molecule has 0 amide bonds. The third-order valence-corrected chi connectivity index (χ3v) is 3.11. The van der Waals surface area contributed by atoms with Gasteiger partial charge in [-0.1, -0.05) is 19.9 Å². The van der Waals surface area contributed by atoms with Gasteiger partial charge in [0, 0.05) is 11.6 Å². The van der Waals surface area contributed by atoms with Gasteiger partial charge in [0.05, 0.1) is 17.9 Å². The zero-order chi connectivity index (χ0) is 15.4. The maximum Gasteiger partial charge on any atom is 0.141 e. The number of nitrogens with zero attached hydrogens (tertiary/aromatic N) is 1. The Bertz CT molecular complexity index is 577. The van der Waals surface area contributed by atoms with Gasteiger partial charge in [0.25, 0.3) is 0 Å². The van der Waals surface area contributed by atoms with Crippen LogP contribution in [0.3, 0.4) is 0 Å². The fourth-order valence-corrected chi connectivity index (χ4v) is 2.18. The van der Waals surface area contributed by atoms with Crippen molar-refractivity contribution in [3.8, 4) is 0 Å². The van der Waals surface area contributed by atoms with Crippen LogP contribution in [0.2, 0.25) is 0 Å². The van der Waals surface area contributed by atoms with Crippen LogP contribution >= 0.6 is 0 Å². The minimum absolute atomic E-state index is 0.00164. The molecule has 1 N–H and O–H groups in total. The Morgan fingerprint density at radius 1 is 1.05 bits per heavy atom. The number of hydrogen-bond donors (Lipinski definition) is 1. The quantitative estimate of drug-likeness (QED) is 0.907. The fraction of sp³-hybridized carbons (Fsp3) is 0.312. The van der Waals surface area contributed by atoms with E-state index in [0.717, 1.165) is 6.20 Å². The molecule has 2 aromatic rings. The van der Waals surface area contributed by atoms with Crippen molar-refractivity contribution in [1.29, 1.82) is 0 Å². The van der Waals surface area contributed by atoms with Crippen molar-refractivity contribution in [3.05, 3.63) is 65.2 Å². The SMILES string of the molecule is CC(C)NC(Cc1c(F)cccc1F)c1ccc(F)cn1. The lowest BCUT2D eigenvalue weighted by Gasteiger charge is -2.21. The topological polar surface area (TPSA) is 24.9 Å². The molecule has 112 valence electrons. The Labute approximate surface area is 122 Å². The van der Waals surface area contributed by atoms with Crippen LogP contribution in [0.1, 0.15) is 31.1 Å². The second kappa shape index (κ2) is 6.72. The first-order valence-electron chi connectivity index (χ1n) is 6.77. The van der Waals surface area contributed by atoms with Crippen molar-refractivity contribution in [2.75, 3.05) is 0 Å². The predicted octanol–water partition coefficient (Wildman–Crippen LogP) is 3.78. The molecule has 0 aliphatic carbocycles. The molecular formula is C16H17F3N2. The first-order chi connectivity index (χ1) is 9.97. The molecule has 1 aromatic carbocycles. The molecule has 1 aromatic heterocycles. The van der Waals surface area contributed by atoms with E-state index in [0.29, 0.717) is 5.69 Å². The van der Waals surface area contributed by atoms with Crippen molar-refractivity contribution in [2.24, 2.45) is 0 Å². The molecular weight excluding hydrogens is 277 g/mol. The molecule has 0 aliphatic rings. The fourth-order valence-electron chi connectivity index (χ4n) is 2.18. The lowest BCUT2D eigenvalue weighted by molar-refractivity contribution is 0.446. The smallest absolute Gasteiger partial charge is 0.141 e. The van der Waals surface area contributed by atoms with Gasteiger partial charge in [-0.25, -0.2) is 13.2 Å². The summed E-state index contributed by atoms with van der Waals surface area (Å²) in [6, 6.07) is 6.29. The van der Waals surface area contributed by atoms with E-state index >= 15 is 0 Å². The van der Waals surface area contributed by atoms with Crippen LogP contribution in [0.5, 0.6) is 0 Å². The molecule has 0 saturated carbocycles. The normalized spacial score (nSPS) is 12.7. The van der Waals surface area contributed by atoms with E-state index in [1.807, 2.05) is 13.8 Å². The first-order valence-corrected chi connectivity index (χ1v) is 6.77. The van der Waals surface area contributed by atoms with Crippen LogP contribution in [0.15, 0.2) is 36.5 Å². The van der Waals surface area contributed by atoms with Gasteiger partial charge in [-0.2, -0.15) is 0 Å². The molecule has 5 heteroatoms. The van der Waals surface area contributed by atoms with E-state index in [1.54, 1.807) is 0 Å². The highest BCUT2D eigenvalue weighted by atomic mass is 19.1. The molecule has 0 spiro atoms. The summed E-state index contributed by atoms with van der Waals surface area (Å²) in [4.78, 5) is 4.00. The van der Waals surface area contributed by atoms with E-state index in [9.17, 15) is 13.2 Å². The van der Waals surface area contributed by atoms with Crippen molar-refractivity contribution < 1.29 is 13.2 Å². The van der Waals surface area contributed by atoms with Crippen LogP contribution < -0.4 is 5.32 Å². The lowest BCUT2D eigenvalue weighted by atomic mass is 10.0. The molecule has 2 nitrogen and oxygen atoms in total. The van der Waals surface area contributed by atoms with Crippen molar-refractivity contribution >= 4 is 0 Å². The maximum absolute atomic E-state index is 13.8. The Hall–Kier alpha value is -1.88. The summed E-state index contributed by atoms with van der Waals surface area (Å²) in [5.74, 6) is -1.63. The number of hydrogen-bond acceptors (Lipinski definition) is 2. The zero-order valence-electron chi connectivity index (χ0n) is 11.9. The molecule has 0 bridgehead atoms. The number of nitrogens with one attached hydrogen (secondary N) is 1. The second-order valence-electron chi connectivity index (χ2n) is 5.18. The van der Waals surface area contributed by atoms with Gasteiger partial charge >= 0.3 is 0 Å². The number of aromatic nitrogens is 1. The van der Waals surface area contributed by atoms with Gasteiger partial charge < -0.3 is 5.32 Å². The minimum Gasteiger partial charge on any atom is -0.306 e. The van der Waals surface area contributed by atoms with E-state index in [1.165, 1.54) is 30.3 Å². The lowest BCUT2D eigenvalue weighted by Crippen LogP contribution is -2.30. The zero-order valence-corrected chi connectivity index (χ0v) is 11.9. The Morgan fingerprint density at radius 3 is 2.24 bits per heavy atom. The first kappa shape index (κ1) is 15.5. The molecule has 1 unspecified atom stereocenters. The molecule has 0 aliphatic heterocycles. The summed E-state index contributed by atoms with van der Waals surface area (Å²) in [7, 11) is 0. The Balaban J connectivity index is 2.30. The van der Waals surface area contributed by atoms with Gasteiger partial charge in [-0.15, -0.1) is 0 Å². The van der Waals surface area contributed by atoms with E-state index in [2.05, 4.69) is 10.3 Å². The highest BCUT2D eigenvalue weighted by molar-refractivity contribution is 5.23. The van der Waals surface area contributed by atoms with Gasteiger partial charge in [0.15, 0.2) is 0 Å². The predicted molar refractivity (Wildman–Crippen MR) is 75.3 cm³/mol. The monoisotopic (exact) mass is 294 g/mol. The van der Waals surface area contributed by atoms with Crippen LogP contribution in [-0.4, -0.2) is 11.0 Å². The molecule has 0 saturated heterocycles. The number of pyridine rings is 1. The minimum atomic E-state index is -0.590. The summed E-state index contributed by atoms with van der Waals surface area (Å²) < 4.78 is 40.5.